The zero-order chi connectivity index (χ0) is 45.1. The van der Waals surface area contributed by atoms with Gasteiger partial charge in [0.2, 0.25) is 0 Å². The normalized spacial score (nSPS) is 11.0. The van der Waals surface area contributed by atoms with E-state index in [0.29, 0.717) is 58.6 Å². The third-order valence-electron chi connectivity index (χ3n) is 10.5. The fourth-order valence-electron chi connectivity index (χ4n) is 7.33. The Morgan fingerprint density at radius 2 is 1.05 bits per heavy atom. The molecule has 0 aliphatic carbocycles. The number of nitrogens with zero attached hydrogens (tertiary/aromatic N) is 10. The van der Waals surface area contributed by atoms with Crippen LogP contribution in [0.25, 0.3) is 66.8 Å². The molecule has 0 atom stereocenters. The highest BCUT2D eigenvalue weighted by molar-refractivity contribution is 6.04. The molecule has 0 radical (unpaired) electrons. The largest absolute Gasteiger partial charge is 0.409 e. The molecule has 0 unspecified atom stereocenters. The predicted octanol–water partition coefficient (Wildman–Crippen LogP) is 9.70. The molecule has 66 heavy (non-hydrogen) atoms. The number of nitriles is 1. The lowest BCUT2D eigenvalue weighted by Gasteiger charge is -2.14. The number of nitrogens with two attached hydrogens (primary N) is 1. The van der Waals surface area contributed by atoms with Gasteiger partial charge in [-0.15, -0.1) is 0 Å². The number of anilines is 2. The van der Waals surface area contributed by atoms with Gasteiger partial charge in [-0.1, -0.05) is 102 Å². The maximum atomic E-state index is 9.26. The molecule has 0 bridgehead atoms. The minimum Gasteiger partial charge on any atom is -0.409 e. The topological polar surface area (TPSA) is 210 Å². The van der Waals surface area contributed by atoms with Crippen LogP contribution in [0.4, 0.5) is 11.6 Å². The molecule has 0 fully saturated rings. The molecule has 0 saturated heterocycles. The van der Waals surface area contributed by atoms with E-state index in [1.54, 1.807) is 36.9 Å². The molecule has 6 heterocycles. The monoisotopic (exact) mass is 861 g/mol. The summed E-state index contributed by atoms with van der Waals surface area (Å²) in [4.78, 5) is 36.5. The number of pyridine rings is 4. The number of oxime groups is 1. The molecule has 10 aromatic rings. The summed E-state index contributed by atoms with van der Waals surface area (Å²) in [6.45, 7) is 1.02. The molecule has 0 spiro atoms. The number of hydrogen-bond acceptors (Lipinski definition) is 13. The molecule has 14 heteroatoms. The Labute approximate surface area is 379 Å². The maximum absolute atomic E-state index is 9.26. The van der Waals surface area contributed by atoms with Gasteiger partial charge in [-0.2, -0.15) is 5.26 Å². The van der Waals surface area contributed by atoms with Crippen molar-refractivity contribution in [3.63, 3.8) is 0 Å². The van der Waals surface area contributed by atoms with Crippen LogP contribution in [0, 0.1) is 11.3 Å². The molecule has 0 aliphatic heterocycles. The molecule has 5 N–H and O–H groups in total. The number of amidine groups is 1. The van der Waals surface area contributed by atoms with Gasteiger partial charge in [0.15, 0.2) is 17.5 Å². The number of hydrogen-bond donors (Lipinski definition) is 4. The van der Waals surface area contributed by atoms with E-state index in [0.717, 1.165) is 55.4 Å². The van der Waals surface area contributed by atoms with Crippen molar-refractivity contribution in [3.05, 3.63) is 205 Å². The van der Waals surface area contributed by atoms with E-state index in [1.165, 1.54) is 12.4 Å². The fraction of sp³-hybridized carbons (Fsp3) is 0.0385. The van der Waals surface area contributed by atoms with E-state index in [1.807, 2.05) is 97.1 Å². The van der Waals surface area contributed by atoms with Gasteiger partial charge in [-0.05, 0) is 70.8 Å². The van der Waals surface area contributed by atoms with Crippen LogP contribution in [0.1, 0.15) is 22.5 Å². The van der Waals surface area contributed by atoms with Crippen molar-refractivity contribution < 1.29 is 5.21 Å². The molecule has 4 aromatic carbocycles. The Bertz CT molecular complexity index is 3350. The average Bonchev–Trinajstić information content (AvgIpc) is 3.40. The zero-order valence-electron chi connectivity index (χ0n) is 35.2. The van der Waals surface area contributed by atoms with Crippen LogP contribution in [0.3, 0.4) is 0 Å². The first kappa shape index (κ1) is 41.9. The Kier molecular flexibility index (Phi) is 12.5. The van der Waals surface area contributed by atoms with Crippen molar-refractivity contribution in [1.29, 1.82) is 5.26 Å². The first-order chi connectivity index (χ1) is 32.5. The maximum Gasteiger partial charge on any atom is 0.171 e. The molecule has 0 saturated carbocycles. The van der Waals surface area contributed by atoms with Crippen molar-refractivity contribution in [2.24, 2.45) is 10.9 Å². The van der Waals surface area contributed by atoms with Crippen molar-refractivity contribution in [1.82, 2.24) is 39.9 Å². The van der Waals surface area contributed by atoms with Gasteiger partial charge in [0.05, 0.1) is 51.8 Å². The van der Waals surface area contributed by atoms with Crippen molar-refractivity contribution in [3.8, 4) is 51.1 Å². The van der Waals surface area contributed by atoms with E-state index in [4.69, 9.17) is 30.9 Å². The van der Waals surface area contributed by atoms with E-state index in [-0.39, 0.29) is 5.84 Å². The van der Waals surface area contributed by atoms with Gasteiger partial charge in [-0.25, -0.2) is 19.9 Å². The summed E-state index contributed by atoms with van der Waals surface area (Å²) < 4.78 is 0. The van der Waals surface area contributed by atoms with Gasteiger partial charge >= 0.3 is 0 Å². The van der Waals surface area contributed by atoms with E-state index in [2.05, 4.69) is 78.2 Å². The quantitative estimate of drug-likeness (QED) is 0.0414. The summed E-state index contributed by atoms with van der Waals surface area (Å²) in [5.74, 6) is 2.34. The van der Waals surface area contributed by atoms with Crippen LogP contribution in [-0.2, 0) is 13.1 Å². The molecule has 14 nitrogen and oxygen atoms in total. The summed E-state index contributed by atoms with van der Waals surface area (Å²) in [5, 5.41) is 30.1. The summed E-state index contributed by atoms with van der Waals surface area (Å²) in [6.07, 6.45) is 9.91. The number of rotatable bonds is 11. The summed E-state index contributed by atoms with van der Waals surface area (Å²) in [6, 6.07) is 49.6. The van der Waals surface area contributed by atoms with Crippen molar-refractivity contribution >= 4 is 39.3 Å². The van der Waals surface area contributed by atoms with Crippen LogP contribution in [0.2, 0.25) is 0 Å². The number of benzene rings is 4. The van der Waals surface area contributed by atoms with E-state index in [9.17, 15) is 5.26 Å². The minimum atomic E-state index is -0.0324. The third-order valence-corrected chi connectivity index (χ3v) is 10.5. The summed E-state index contributed by atoms with van der Waals surface area (Å²) in [7, 11) is 0. The Hall–Kier alpha value is -9.48. The molecule has 318 valence electrons. The first-order valence-electron chi connectivity index (χ1n) is 20.8. The Morgan fingerprint density at radius 1 is 0.545 bits per heavy atom. The SMILES string of the molecule is N#Cc1cncc(-c2nc(NCc3ccccn3)c3c(-c4ccccc4)cccc3n2)c1.NC(=NO)c1cncc(-c2nc(NCc3ccccn3)c3c(-c4ccccc4)cccc3n2)c1. The summed E-state index contributed by atoms with van der Waals surface area (Å²) >= 11 is 0. The van der Waals surface area contributed by atoms with Crippen LogP contribution in [-0.4, -0.2) is 50.9 Å². The number of fused-ring (bicyclic) bond motifs is 2. The van der Waals surface area contributed by atoms with Gasteiger partial charge in [0.25, 0.3) is 0 Å². The summed E-state index contributed by atoms with van der Waals surface area (Å²) in [5.41, 5.74) is 15.7. The highest BCUT2D eigenvalue weighted by Gasteiger charge is 2.17. The lowest BCUT2D eigenvalue weighted by atomic mass is 10.0. The first-order valence-corrected chi connectivity index (χ1v) is 20.8. The minimum absolute atomic E-state index is 0.0324. The molecule has 10 rings (SSSR count). The lowest BCUT2D eigenvalue weighted by molar-refractivity contribution is 0.318. The van der Waals surface area contributed by atoms with Crippen molar-refractivity contribution in [2.45, 2.75) is 13.1 Å². The Balaban J connectivity index is 0.000000166. The standard InChI is InChI=1S/C26H21N7O.C26H18N6/c27-24(33-34)18-13-19(15-28-14-18)25-31-22-11-6-10-21(17-7-2-1-3-8-17)23(22)26(32-25)30-16-20-9-4-5-12-29-20;27-14-18-13-20(16-28-15-18)25-31-23-11-6-10-22(19-7-2-1-3-8-19)24(23)26(32-25)30-17-21-9-4-5-12-29-21/h1-15,34H,16H2,(H2,27,33)(H,30,31,32);1-13,15-16H,17H2,(H,30,31,32). The van der Waals surface area contributed by atoms with Crippen LogP contribution < -0.4 is 16.4 Å². The zero-order valence-corrected chi connectivity index (χ0v) is 35.2. The van der Waals surface area contributed by atoms with Gasteiger partial charge in [0, 0.05) is 53.9 Å². The molecule has 0 aliphatic rings. The van der Waals surface area contributed by atoms with Crippen LogP contribution >= 0.6 is 0 Å². The smallest absolute Gasteiger partial charge is 0.171 e. The highest BCUT2D eigenvalue weighted by Crippen LogP contribution is 2.36. The van der Waals surface area contributed by atoms with Gasteiger partial charge < -0.3 is 21.6 Å². The Morgan fingerprint density at radius 3 is 1.53 bits per heavy atom. The molecule has 0 amide bonds. The highest BCUT2D eigenvalue weighted by atomic mass is 16.4. The fourth-order valence-corrected chi connectivity index (χ4v) is 7.33. The van der Waals surface area contributed by atoms with Gasteiger partial charge in [0.1, 0.15) is 17.7 Å². The lowest BCUT2D eigenvalue weighted by Crippen LogP contribution is -2.13. The average molecular weight is 862 g/mol. The number of nitrogens with one attached hydrogen (secondary N) is 2. The number of aromatic nitrogens is 8. The predicted molar refractivity (Wildman–Crippen MR) is 257 cm³/mol. The van der Waals surface area contributed by atoms with Crippen molar-refractivity contribution in [2.75, 3.05) is 10.6 Å². The second kappa shape index (κ2) is 19.7. The second-order valence-corrected chi connectivity index (χ2v) is 14.8. The molecule has 6 aromatic heterocycles. The van der Waals surface area contributed by atoms with Crippen LogP contribution in [0.15, 0.2) is 188 Å². The van der Waals surface area contributed by atoms with Crippen LogP contribution in [0.5, 0.6) is 0 Å². The third kappa shape index (κ3) is 9.45. The molecular formula is C52H39N13O. The van der Waals surface area contributed by atoms with Gasteiger partial charge in [-0.3, -0.25) is 19.9 Å². The van der Waals surface area contributed by atoms with E-state index >= 15 is 0 Å². The second-order valence-electron chi connectivity index (χ2n) is 14.8. The van der Waals surface area contributed by atoms with E-state index < -0.39 is 0 Å². The molecular weight excluding hydrogens is 823 g/mol.